The van der Waals surface area contributed by atoms with Crippen molar-refractivity contribution in [3.05, 3.63) is 11.8 Å². The number of nitrogens with one attached hydrogen (secondary N) is 1. The molecule has 3 nitrogen and oxygen atoms in total. The number of alkyl halides is 2. The van der Waals surface area contributed by atoms with E-state index < -0.39 is 12.1 Å². The molecule has 13 heavy (non-hydrogen) atoms. The van der Waals surface area contributed by atoms with E-state index in [1.54, 1.807) is 6.92 Å². The predicted molar refractivity (Wildman–Crippen MR) is 42.0 cm³/mol. The molecular formula is C8H10F2N2O. The Bertz CT molecular complexity index is 288. The molecule has 72 valence electrons. The normalized spacial score (nSPS) is 31.0. The molecule has 0 aromatic carbocycles. The van der Waals surface area contributed by atoms with Gasteiger partial charge in [0.15, 0.2) is 6.17 Å². The van der Waals surface area contributed by atoms with Crippen LogP contribution in [0.4, 0.5) is 8.78 Å². The molecule has 1 amide bonds. The average Bonchev–Trinajstić information content (AvgIpc) is 2.35. The van der Waals surface area contributed by atoms with Gasteiger partial charge in [-0.2, -0.15) is 0 Å². The molecular weight excluding hydrogens is 178 g/mol. The van der Waals surface area contributed by atoms with Gasteiger partial charge in [-0.3, -0.25) is 4.79 Å². The van der Waals surface area contributed by atoms with E-state index in [1.807, 2.05) is 0 Å². The van der Waals surface area contributed by atoms with E-state index in [0.29, 0.717) is 5.57 Å². The fraction of sp³-hybridized carbons (Fsp3) is 0.625. The highest BCUT2D eigenvalue weighted by Gasteiger charge is 2.51. The SMILES string of the molecule is CC1=CNC2N(CCC2(F)F)C1=O. The summed E-state index contributed by atoms with van der Waals surface area (Å²) >= 11 is 0. The van der Waals surface area contributed by atoms with Crippen LogP contribution in [0.5, 0.6) is 0 Å². The number of hydrogen-bond acceptors (Lipinski definition) is 2. The lowest BCUT2D eigenvalue weighted by Crippen LogP contribution is -2.53. The van der Waals surface area contributed by atoms with Crippen molar-refractivity contribution < 1.29 is 13.6 Å². The summed E-state index contributed by atoms with van der Waals surface area (Å²) in [5.74, 6) is -3.09. The Kier molecular flexibility index (Phi) is 1.58. The molecule has 5 heteroatoms. The second-order valence-electron chi connectivity index (χ2n) is 3.41. The summed E-state index contributed by atoms with van der Waals surface area (Å²) in [6.45, 7) is 1.75. The molecule has 0 bridgehead atoms. The van der Waals surface area contributed by atoms with Crippen LogP contribution in [0.2, 0.25) is 0 Å². The van der Waals surface area contributed by atoms with E-state index in [-0.39, 0.29) is 18.9 Å². The fourth-order valence-corrected chi connectivity index (χ4v) is 1.69. The highest BCUT2D eigenvalue weighted by molar-refractivity contribution is 5.94. The van der Waals surface area contributed by atoms with Crippen LogP contribution < -0.4 is 5.32 Å². The number of carbonyl (C=O) groups excluding carboxylic acids is 1. The molecule has 0 aromatic heterocycles. The van der Waals surface area contributed by atoms with E-state index in [1.165, 1.54) is 11.1 Å². The predicted octanol–water partition coefficient (Wildman–Crippen LogP) is 0.687. The zero-order chi connectivity index (χ0) is 9.64. The van der Waals surface area contributed by atoms with Gasteiger partial charge in [0, 0.05) is 24.7 Å². The van der Waals surface area contributed by atoms with E-state index >= 15 is 0 Å². The van der Waals surface area contributed by atoms with Gasteiger partial charge in [0.25, 0.3) is 11.8 Å². The molecule has 2 rings (SSSR count). The molecule has 1 saturated heterocycles. The molecule has 0 saturated carbocycles. The Labute approximate surface area is 74.4 Å². The molecule has 1 unspecified atom stereocenters. The Balaban J connectivity index is 2.30. The van der Waals surface area contributed by atoms with Crippen molar-refractivity contribution in [3.63, 3.8) is 0 Å². The monoisotopic (exact) mass is 188 g/mol. The van der Waals surface area contributed by atoms with Crippen LogP contribution in [0.25, 0.3) is 0 Å². The van der Waals surface area contributed by atoms with Crippen LogP contribution in [0, 0.1) is 0 Å². The van der Waals surface area contributed by atoms with Crippen LogP contribution >= 0.6 is 0 Å². The molecule has 1 atom stereocenters. The lowest BCUT2D eigenvalue weighted by Gasteiger charge is -2.31. The molecule has 0 radical (unpaired) electrons. The van der Waals surface area contributed by atoms with Crippen molar-refractivity contribution in [2.45, 2.75) is 25.4 Å². The minimum atomic E-state index is -2.80. The lowest BCUT2D eigenvalue weighted by atomic mass is 10.2. The zero-order valence-corrected chi connectivity index (χ0v) is 7.18. The van der Waals surface area contributed by atoms with Crippen LogP contribution in [-0.2, 0) is 4.79 Å². The third-order valence-electron chi connectivity index (χ3n) is 2.45. The van der Waals surface area contributed by atoms with Gasteiger partial charge in [0.1, 0.15) is 0 Å². The maximum atomic E-state index is 13.1. The number of halogens is 2. The zero-order valence-electron chi connectivity index (χ0n) is 7.18. The third kappa shape index (κ3) is 1.10. The molecule has 2 aliphatic heterocycles. The minimum absolute atomic E-state index is 0.134. The number of rotatable bonds is 0. The van der Waals surface area contributed by atoms with Gasteiger partial charge in [-0.1, -0.05) is 0 Å². The van der Waals surface area contributed by atoms with Gasteiger partial charge in [-0.25, -0.2) is 8.78 Å². The van der Waals surface area contributed by atoms with Crippen LogP contribution in [0.15, 0.2) is 11.8 Å². The summed E-state index contributed by atoms with van der Waals surface area (Å²) in [4.78, 5) is 12.6. The molecule has 0 aromatic rings. The quantitative estimate of drug-likeness (QED) is 0.606. The van der Waals surface area contributed by atoms with Gasteiger partial charge >= 0.3 is 0 Å². The van der Waals surface area contributed by atoms with Crippen molar-refractivity contribution in [1.82, 2.24) is 10.2 Å². The summed E-state index contributed by atoms with van der Waals surface area (Å²) in [6, 6.07) is 0. The second-order valence-corrected chi connectivity index (χ2v) is 3.41. The van der Waals surface area contributed by atoms with E-state index in [4.69, 9.17) is 0 Å². The first-order chi connectivity index (χ1) is 6.02. The van der Waals surface area contributed by atoms with Crippen LogP contribution in [-0.4, -0.2) is 29.4 Å². The number of hydrogen-bond donors (Lipinski definition) is 1. The van der Waals surface area contributed by atoms with Gasteiger partial charge in [-0.15, -0.1) is 0 Å². The summed E-state index contributed by atoms with van der Waals surface area (Å²) in [5.41, 5.74) is 0.481. The number of carbonyl (C=O) groups is 1. The van der Waals surface area contributed by atoms with E-state index in [2.05, 4.69) is 5.32 Å². The summed E-state index contributed by atoms with van der Waals surface area (Å²) in [7, 11) is 0. The number of fused-ring (bicyclic) bond motifs is 1. The van der Waals surface area contributed by atoms with Crippen LogP contribution in [0.1, 0.15) is 13.3 Å². The Morgan fingerprint density at radius 1 is 1.69 bits per heavy atom. The van der Waals surface area contributed by atoms with Crippen LogP contribution in [0.3, 0.4) is 0 Å². The highest BCUT2D eigenvalue weighted by atomic mass is 19.3. The molecule has 2 heterocycles. The highest BCUT2D eigenvalue weighted by Crippen LogP contribution is 2.34. The largest absolute Gasteiger partial charge is 0.366 e. The third-order valence-corrected chi connectivity index (χ3v) is 2.45. The molecule has 1 fully saturated rings. The minimum Gasteiger partial charge on any atom is -0.366 e. The van der Waals surface area contributed by atoms with Crippen molar-refractivity contribution in [2.24, 2.45) is 0 Å². The molecule has 0 spiro atoms. The molecule has 2 aliphatic rings. The molecule has 0 aliphatic carbocycles. The van der Waals surface area contributed by atoms with Crippen molar-refractivity contribution in [3.8, 4) is 0 Å². The smallest absolute Gasteiger partial charge is 0.287 e. The lowest BCUT2D eigenvalue weighted by molar-refractivity contribution is -0.134. The number of nitrogens with zero attached hydrogens (tertiary/aromatic N) is 1. The average molecular weight is 188 g/mol. The first-order valence-electron chi connectivity index (χ1n) is 4.14. The Morgan fingerprint density at radius 3 is 3.08 bits per heavy atom. The molecule has 1 N–H and O–H groups in total. The van der Waals surface area contributed by atoms with Crippen molar-refractivity contribution in [1.29, 1.82) is 0 Å². The fourth-order valence-electron chi connectivity index (χ4n) is 1.69. The second kappa shape index (κ2) is 2.43. The first-order valence-corrected chi connectivity index (χ1v) is 4.14. The maximum absolute atomic E-state index is 13.1. The Hall–Kier alpha value is -1.13. The van der Waals surface area contributed by atoms with Gasteiger partial charge in [-0.05, 0) is 6.92 Å². The summed E-state index contributed by atoms with van der Waals surface area (Å²) < 4.78 is 26.2. The topological polar surface area (TPSA) is 32.3 Å². The number of amides is 1. The van der Waals surface area contributed by atoms with Crippen molar-refractivity contribution in [2.75, 3.05) is 6.54 Å². The summed E-state index contributed by atoms with van der Waals surface area (Å²) in [5, 5.41) is 2.54. The van der Waals surface area contributed by atoms with Gasteiger partial charge < -0.3 is 10.2 Å². The maximum Gasteiger partial charge on any atom is 0.287 e. The standard InChI is InChI=1S/C8H10F2N2O/c1-5-4-11-7-8(9,10)2-3-12(7)6(5)13/h4,7,11H,2-3H2,1H3. The van der Waals surface area contributed by atoms with Crippen molar-refractivity contribution >= 4 is 5.91 Å². The van der Waals surface area contributed by atoms with Gasteiger partial charge in [0.05, 0.1) is 0 Å². The summed E-state index contributed by atoms with van der Waals surface area (Å²) in [6.07, 6.45) is -0.0241. The van der Waals surface area contributed by atoms with Gasteiger partial charge in [0.2, 0.25) is 0 Å². The van der Waals surface area contributed by atoms with E-state index in [0.717, 1.165) is 0 Å². The first kappa shape index (κ1) is 8.47. The Morgan fingerprint density at radius 2 is 2.38 bits per heavy atom. The van der Waals surface area contributed by atoms with E-state index in [9.17, 15) is 13.6 Å².